The monoisotopic (exact) mass is 110 g/mol. The first-order valence-corrected chi connectivity index (χ1v) is 1.96. The molecule has 0 amide bonds. The Labute approximate surface area is 62.8 Å². The van der Waals surface area contributed by atoms with Gasteiger partial charge in [0.25, 0.3) is 0 Å². The van der Waals surface area contributed by atoms with Gasteiger partial charge < -0.3 is 0 Å². The van der Waals surface area contributed by atoms with Crippen LogP contribution in [-0.2, 0) is 0 Å². The summed E-state index contributed by atoms with van der Waals surface area (Å²) in [7, 11) is 0. The fourth-order valence-electron chi connectivity index (χ4n) is 0.328. The van der Waals surface area contributed by atoms with Crippen molar-refractivity contribution in [1.29, 1.82) is 0 Å². The second-order valence-electron chi connectivity index (χ2n) is 1.21. The fourth-order valence-corrected chi connectivity index (χ4v) is 0.328. The Bertz CT molecular complexity index is 378. The quantitative estimate of drug-likeness (QED) is 0.449. The minimum absolute atomic E-state index is 1.25. The van der Waals surface area contributed by atoms with E-state index >= 15 is 0 Å². The third kappa shape index (κ3) is 1.50. The molecule has 0 aromatic heterocycles. The maximum absolute atomic E-state index is 7.78. The molecule has 0 radical (unpaired) electrons. The Balaban J connectivity index is 3.60. The number of hydrogen-bond donors (Lipinski definition) is 0. The van der Waals surface area contributed by atoms with Crippen molar-refractivity contribution >= 4 is 0 Å². The predicted octanol–water partition coefficient (Wildman–Crippen LogP) is 2.59. The minimum Gasteiger partial charge on any atom is -0.0625 e. The third-order valence-electron chi connectivity index (χ3n) is 0.629. The Kier molecular flexibility index (Phi) is 0.234. The highest BCUT2D eigenvalue weighted by Gasteiger charge is 2.05. The van der Waals surface area contributed by atoms with Crippen LogP contribution in [0.15, 0.2) is 0 Å². The summed E-state index contributed by atoms with van der Waals surface area (Å²) in [5.41, 5.74) is 0. The first-order chi connectivity index (χ1) is 7.96. The van der Waals surface area contributed by atoms with Gasteiger partial charge in [-0.05, 0) is 5.89 Å². The molecule has 0 bridgehead atoms. The molecule has 0 aromatic rings. The highest BCUT2D eigenvalue weighted by atomic mass is 14.1. The Hall–Kier alpha value is 0. The molecule has 0 spiro atoms. The summed E-state index contributed by atoms with van der Waals surface area (Å²) in [4.78, 5) is 0. The van der Waals surface area contributed by atoms with E-state index in [-0.39, 0.29) is 0 Å². The van der Waals surface area contributed by atoms with Gasteiger partial charge in [0.2, 0.25) is 0 Å². The van der Waals surface area contributed by atoms with Crippen molar-refractivity contribution in [3.63, 3.8) is 0 Å². The summed E-state index contributed by atoms with van der Waals surface area (Å²) in [6.07, 6.45) is -14.3. The van der Waals surface area contributed by atoms with Crippen LogP contribution < -0.4 is 0 Å². The van der Waals surface area contributed by atoms with Gasteiger partial charge in [0.15, 0.2) is 0 Å². The van der Waals surface area contributed by atoms with E-state index in [2.05, 4.69) is 0 Å². The molecule has 0 saturated heterocycles. The molecule has 0 aromatic carbocycles. The van der Waals surface area contributed by atoms with Crippen molar-refractivity contribution in [1.82, 2.24) is 0 Å². The van der Waals surface area contributed by atoms with Crippen LogP contribution >= 0.6 is 0 Å². The lowest BCUT2D eigenvalue weighted by Crippen LogP contribution is -1.99. The van der Waals surface area contributed by atoms with Crippen molar-refractivity contribution in [2.75, 3.05) is 0 Å². The average Bonchev–Trinajstić information content (AvgIpc) is 2.12. The van der Waals surface area contributed by atoms with Crippen LogP contribution in [0.1, 0.15) is 55.2 Å². The Morgan fingerprint density at radius 3 is 3.57 bits per heavy atom. The average molecular weight is 110 g/mol. The van der Waals surface area contributed by atoms with Crippen molar-refractivity contribution in [2.45, 2.75) is 38.8 Å². The van der Waals surface area contributed by atoms with Crippen LogP contribution in [0, 0.1) is 5.89 Å². The summed E-state index contributed by atoms with van der Waals surface area (Å²) >= 11 is 0. The van der Waals surface area contributed by atoms with Crippen LogP contribution in [-0.4, -0.2) is 0 Å². The normalized spacial score (nSPS) is 99.4. The van der Waals surface area contributed by atoms with Gasteiger partial charge in [-0.15, -0.1) is 0 Å². The smallest absolute Gasteiger partial charge is 0.0300 e. The summed E-state index contributed by atoms with van der Waals surface area (Å²) in [6.45, 7) is -3.28. The standard InChI is InChI=1S/C7H14/c1-7-5-3-2-4-6-7/h7H,2-6H2,1H3/i1D3,2D2,3D2,4D2,5D2,7D. The topological polar surface area (TPSA) is 0 Å². The van der Waals surface area contributed by atoms with Gasteiger partial charge in [0.1, 0.15) is 0 Å². The van der Waals surface area contributed by atoms with E-state index in [1.165, 1.54) is 0 Å². The van der Waals surface area contributed by atoms with E-state index in [1.54, 1.807) is 0 Å². The lowest BCUT2D eigenvalue weighted by Gasteiger charge is -2.15. The zero-order valence-corrected chi connectivity index (χ0v) is 3.71. The summed E-state index contributed by atoms with van der Waals surface area (Å²) in [5, 5.41) is 0. The molecule has 0 N–H and O–H groups in total. The molecule has 0 aliphatic heterocycles. The summed E-state index contributed by atoms with van der Waals surface area (Å²) in [5.74, 6) is -3.07. The first-order valence-electron chi connectivity index (χ1n) is 7.96. The molecule has 42 valence electrons. The highest BCUT2D eigenvalue weighted by molar-refractivity contribution is 4.59. The molecule has 1 atom stereocenters. The molecule has 1 rings (SSSR count). The van der Waals surface area contributed by atoms with Crippen molar-refractivity contribution < 1.29 is 16.4 Å². The molecule has 1 saturated carbocycles. The molecule has 0 nitrogen and oxygen atoms in total. The van der Waals surface area contributed by atoms with Gasteiger partial charge in [-0.25, -0.2) is 0 Å². The highest BCUT2D eigenvalue weighted by Crippen LogP contribution is 2.21. The Morgan fingerprint density at radius 1 is 1.71 bits per heavy atom. The van der Waals surface area contributed by atoms with E-state index in [0.717, 1.165) is 0 Å². The first kappa shape index (κ1) is 0.698. The van der Waals surface area contributed by atoms with Crippen molar-refractivity contribution in [3.05, 3.63) is 0 Å². The van der Waals surface area contributed by atoms with E-state index in [0.29, 0.717) is 0 Å². The molecule has 1 unspecified atom stereocenters. The van der Waals surface area contributed by atoms with Crippen LogP contribution in [0.4, 0.5) is 0 Å². The van der Waals surface area contributed by atoms with Crippen LogP contribution in [0.5, 0.6) is 0 Å². The zero-order chi connectivity index (χ0) is 15.7. The maximum Gasteiger partial charge on any atom is 0.0300 e. The molecular formula is C7H14. The van der Waals surface area contributed by atoms with Gasteiger partial charge in [0.05, 0.1) is 0 Å². The van der Waals surface area contributed by atoms with Crippen LogP contribution in [0.2, 0.25) is 0 Å². The molecule has 1 fully saturated rings. The van der Waals surface area contributed by atoms with Gasteiger partial charge in [-0.3, -0.25) is 0 Å². The van der Waals surface area contributed by atoms with E-state index in [4.69, 9.17) is 16.4 Å². The van der Waals surface area contributed by atoms with Crippen LogP contribution in [0.3, 0.4) is 0 Å². The molecular weight excluding hydrogens is 84.1 g/mol. The fraction of sp³-hybridized carbons (Fsp3) is 1.00. The molecule has 0 heteroatoms. The SMILES string of the molecule is [2H]C([2H])([2H])C1([2H])CC([2H])([2H])C([2H])([2H])C([2H])([2H])C1([2H])[2H]. The predicted molar refractivity (Wildman–Crippen MR) is 32.2 cm³/mol. The van der Waals surface area contributed by atoms with Gasteiger partial charge in [-0.2, -0.15) is 0 Å². The molecule has 0 heterocycles. The Morgan fingerprint density at radius 2 is 2.71 bits per heavy atom. The molecule has 1 aliphatic carbocycles. The lowest BCUT2D eigenvalue weighted by molar-refractivity contribution is 0.385. The lowest BCUT2D eigenvalue weighted by atomic mass is 9.91. The van der Waals surface area contributed by atoms with Crippen LogP contribution in [0.25, 0.3) is 0 Å². The van der Waals surface area contributed by atoms with Gasteiger partial charge >= 0.3 is 0 Å². The van der Waals surface area contributed by atoms with Crippen molar-refractivity contribution in [2.24, 2.45) is 5.89 Å². The molecule has 7 heavy (non-hydrogen) atoms. The largest absolute Gasteiger partial charge is 0.0625 e. The van der Waals surface area contributed by atoms with Gasteiger partial charge in [0, 0.05) is 16.4 Å². The third-order valence-corrected chi connectivity index (χ3v) is 0.629. The minimum atomic E-state index is -3.46. The van der Waals surface area contributed by atoms with E-state index in [1.807, 2.05) is 0 Å². The van der Waals surface area contributed by atoms with Crippen molar-refractivity contribution in [3.8, 4) is 0 Å². The van der Waals surface area contributed by atoms with Gasteiger partial charge in [-0.1, -0.05) is 38.8 Å². The summed E-state index contributed by atoms with van der Waals surface area (Å²) in [6, 6.07) is 0. The second-order valence-corrected chi connectivity index (χ2v) is 1.21. The zero-order valence-electron chi connectivity index (χ0n) is 15.7. The number of hydrogen-bond acceptors (Lipinski definition) is 0. The second kappa shape index (κ2) is 2.34. The van der Waals surface area contributed by atoms with E-state index in [9.17, 15) is 0 Å². The maximum atomic E-state index is 7.78. The number of rotatable bonds is 0. The van der Waals surface area contributed by atoms with E-state index < -0.39 is 44.7 Å². The summed E-state index contributed by atoms with van der Waals surface area (Å²) < 4.78 is 89.7. The molecule has 1 aliphatic rings.